The van der Waals surface area contributed by atoms with E-state index in [1.807, 2.05) is 0 Å². The minimum Gasteiger partial charge on any atom is -0.338 e. The van der Waals surface area contributed by atoms with Gasteiger partial charge in [-0.15, -0.1) is 0 Å². The molecule has 0 atom stereocenters. The molecule has 3 nitrogen and oxygen atoms in total. The fourth-order valence-electron chi connectivity index (χ4n) is 1.07. The van der Waals surface area contributed by atoms with Crippen molar-refractivity contribution in [3.05, 3.63) is 42.1 Å². The zero-order chi connectivity index (χ0) is 9.97. The van der Waals surface area contributed by atoms with E-state index in [9.17, 15) is 8.78 Å². The Balaban J connectivity index is 2.29. The monoisotopic (exact) mass is 195 g/mol. The van der Waals surface area contributed by atoms with Crippen molar-refractivity contribution in [2.45, 2.75) is 0 Å². The molecule has 72 valence electrons. The fourth-order valence-corrected chi connectivity index (χ4v) is 1.07. The Morgan fingerprint density at radius 2 is 2.07 bits per heavy atom. The molecule has 0 amide bonds. The number of hydrogen-bond acceptors (Lipinski definition) is 2. The molecule has 0 aliphatic heterocycles. The third-order valence-corrected chi connectivity index (χ3v) is 1.72. The SMILES string of the molecule is Fc1cccc(Nc2ccn[nH]2)c1F. The Bertz CT molecular complexity index is 426. The number of nitrogens with zero attached hydrogens (tertiary/aromatic N) is 1. The fraction of sp³-hybridized carbons (Fsp3) is 0. The van der Waals surface area contributed by atoms with Crippen LogP contribution in [0.15, 0.2) is 30.5 Å². The second-order valence-electron chi connectivity index (χ2n) is 2.70. The molecule has 2 rings (SSSR count). The summed E-state index contributed by atoms with van der Waals surface area (Å²) in [4.78, 5) is 0. The van der Waals surface area contributed by atoms with Gasteiger partial charge in [0, 0.05) is 6.07 Å². The topological polar surface area (TPSA) is 40.7 Å². The third-order valence-electron chi connectivity index (χ3n) is 1.72. The maximum atomic E-state index is 13.1. The number of benzene rings is 1. The zero-order valence-electron chi connectivity index (χ0n) is 7.09. The largest absolute Gasteiger partial charge is 0.338 e. The van der Waals surface area contributed by atoms with Crippen LogP contribution in [-0.4, -0.2) is 10.2 Å². The molecule has 0 saturated heterocycles. The lowest BCUT2D eigenvalue weighted by molar-refractivity contribution is 0.511. The number of aromatic amines is 1. The molecule has 0 spiro atoms. The van der Waals surface area contributed by atoms with Gasteiger partial charge in [0.25, 0.3) is 0 Å². The second-order valence-corrected chi connectivity index (χ2v) is 2.70. The number of nitrogens with one attached hydrogen (secondary N) is 2. The number of rotatable bonds is 2. The van der Waals surface area contributed by atoms with Gasteiger partial charge in [-0.05, 0) is 12.1 Å². The molecule has 1 aromatic carbocycles. The summed E-state index contributed by atoms with van der Waals surface area (Å²) < 4.78 is 25.9. The van der Waals surface area contributed by atoms with E-state index in [0.717, 1.165) is 6.07 Å². The maximum Gasteiger partial charge on any atom is 0.182 e. The summed E-state index contributed by atoms with van der Waals surface area (Å²) in [5, 5.41) is 8.91. The molecule has 0 bridgehead atoms. The Labute approximate surface area is 78.8 Å². The number of anilines is 2. The predicted molar refractivity (Wildman–Crippen MR) is 48.2 cm³/mol. The van der Waals surface area contributed by atoms with Crippen molar-refractivity contribution in [2.75, 3.05) is 5.32 Å². The molecule has 14 heavy (non-hydrogen) atoms. The zero-order valence-corrected chi connectivity index (χ0v) is 7.09. The van der Waals surface area contributed by atoms with E-state index < -0.39 is 11.6 Å². The second kappa shape index (κ2) is 3.45. The van der Waals surface area contributed by atoms with Gasteiger partial charge >= 0.3 is 0 Å². The van der Waals surface area contributed by atoms with Crippen molar-refractivity contribution < 1.29 is 8.78 Å². The average Bonchev–Trinajstić information content (AvgIpc) is 2.66. The van der Waals surface area contributed by atoms with Crippen LogP contribution in [0.3, 0.4) is 0 Å². The van der Waals surface area contributed by atoms with Crippen molar-refractivity contribution in [2.24, 2.45) is 0 Å². The third kappa shape index (κ3) is 1.56. The minimum atomic E-state index is -0.901. The summed E-state index contributed by atoms with van der Waals surface area (Å²) >= 11 is 0. The van der Waals surface area contributed by atoms with E-state index in [2.05, 4.69) is 15.5 Å². The number of H-pyrrole nitrogens is 1. The van der Waals surface area contributed by atoms with E-state index in [0.29, 0.717) is 5.82 Å². The molecule has 1 heterocycles. The summed E-state index contributed by atoms with van der Waals surface area (Å²) in [7, 11) is 0. The van der Waals surface area contributed by atoms with Crippen LogP contribution in [0.25, 0.3) is 0 Å². The number of aromatic nitrogens is 2. The predicted octanol–water partition coefficient (Wildman–Crippen LogP) is 2.43. The number of halogens is 2. The summed E-state index contributed by atoms with van der Waals surface area (Å²) in [5.41, 5.74) is 0.0780. The van der Waals surface area contributed by atoms with E-state index in [1.165, 1.54) is 18.3 Å². The van der Waals surface area contributed by atoms with Gasteiger partial charge in [-0.2, -0.15) is 5.10 Å². The Morgan fingerprint density at radius 3 is 2.79 bits per heavy atom. The highest BCUT2D eigenvalue weighted by atomic mass is 19.2. The molecule has 2 N–H and O–H groups in total. The van der Waals surface area contributed by atoms with Gasteiger partial charge in [-0.25, -0.2) is 8.78 Å². The highest BCUT2D eigenvalue weighted by Gasteiger charge is 2.07. The Hall–Kier alpha value is -1.91. The normalized spacial score (nSPS) is 10.1. The molecule has 1 aromatic heterocycles. The summed E-state index contributed by atoms with van der Waals surface area (Å²) in [6.07, 6.45) is 1.51. The molecule has 0 aliphatic carbocycles. The lowest BCUT2D eigenvalue weighted by atomic mass is 10.3. The van der Waals surface area contributed by atoms with E-state index in [1.54, 1.807) is 6.07 Å². The molecule has 0 unspecified atom stereocenters. The molecule has 0 fully saturated rings. The van der Waals surface area contributed by atoms with Crippen molar-refractivity contribution in [1.82, 2.24) is 10.2 Å². The first-order valence-corrected chi connectivity index (χ1v) is 3.98. The summed E-state index contributed by atoms with van der Waals surface area (Å²) in [6.45, 7) is 0. The summed E-state index contributed by atoms with van der Waals surface area (Å²) in [5.74, 6) is -1.27. The first-order chi connectivity index (χ1) is 6.77. The Kier molecular flexibility index (Phi) is 2.14. The maximum absolute atomic E-state index is 13.1. The standard InChI is InChI=1S/C9H7F2N3/c10-6-2-1-3-7(9(6)11)13-8-4-5-12-14-8/h1-5H,(H2,12,13,14). The molecule has 5 heteroatoms. The van der Waals surface area contributed by atoms with Crippen LogP contribution in [0.1, 0.15) is 0 Å². The molecular formula is C9H7F2N3. The van der Waals surface area contributed by atoms with Gasteiger partial charge in [-0.3, -0.25) is 5.10 Å². The van der Waals surface area contributed by atoms with Crippen LogP contribution in [0.5, 0.6) is 0 Å². The van der Waals surface area contributed by atoms with Crippen LogP contribution in [0, 0.1) is 11.6 Å². The first kappa shape index (κ1) is 8.68. The number of hydrogen-bond donors (Lipinski definition) is 2. The van der Waals surface area contributed by atoms with Crippen molar-refractivity contribution in [1.29, 1.82) is 0 Å². The van der Waals surface area contributed by atoms with Crippen LogP contribution < -0.4 is 5.32 Å². The summed E-state index contributed by atoms with van der Waals surface area (Å²) in [6, 6.07) is 5.55. The minimum absolute atomic E-state index is 0.0780. The molecule has 0 radical (unpaired) electrons. The smallest absolute Gasteiger partial charge is 0.182 e. The molecule has 0 aliphatic rings. The molecule has 0 saturated carbocycles. The van der Waals surface area contributed by atoms with E-state index in [4.69, 9.17) is 0 Å². The van der Waals surface area contributed by atoms with Crippen LogP contribution in [-0.2, 0) is 0 Å². The quantitative estimate of drug-likeness (QED) is 0.772. The van der Waals surface area contributed by atoms with Crippen LogP contribution in [0.4, 0.5) is 20.3 Å². The van der Waals surface area contributed by atoms with Gasteiger partial charge in [0.05, 0.1) is 11.9 Å². The van der Waals surface area contributed by atoms with E-state index >= 15 is 0 Å². The van der Waals surface area contributed by atoms with Crippen LogP contribution in [0.2, 0.25) is 0 Å². The lowest BCUT2D eigenvalue weighted by Crippen LogP contribution is -1.96. The molecule has 2 aromatic rings. The van der Waals surface area contributed by atoms with Crippen molar-refractivity contribution in [3.63, 3.8) is 0 Å². The lowest BCUT2D eigenvalue weighted by Gasteiger charge is -2.04. The van der Waals surface area contributed by atoms with Gasteiger partial charge in [0.1, 0.15) is 5.82 Å². The Morgan fingerprint density at radius 1 is 1.21 bits per heavy atom. The van der Waals surface area contributed by atoms with Crippen molar-refractivity contribution >= 4 is 11.5 Å². The van der Waals surface area contributed by atoms with Gasteiger partial charge in [0.15, 0.2) is 11.6 Å². The van der Waals surface area contributed by atoms with Gasteiger partial charge in [-0.1, -0.05) is 6.07 Å². The highest BCUT2D eigenvalue weighted by Crippen LogP contribution is 2.19. The van der Waals surface area contributed by atoms with Crippen molar-refractivity contribution in [3.8, 4) is 0 Å². The first-order valence-electron chi connectivity index (χ1n) is 3.98. The molecular weight excluding hydrogens is 188 g/mol. The van der Waals surface area contributed by atoms with Crippen LogP contribution >= 0.6 is 0 Å². The van der Waals surface area contributed by atoms with E-state index in [-0.39, 0.29) is 5.69 Å². The van der Waals surface area contributed by atoms with Gasteiger partial charge in [0.2, 0.25) is 0 Å². The average molecular weight is 195 g/mol. The van der Waals surface area contributed by atoms with Gasteiger partial charge < -0.3 is 5.32 Å². The highest BCUT2D eigenvalue weighted by molar-refractivity contribution is 5.56.